The molecule has 1 heterocycles. The summed E-state index contributed by atoms with van der Waals surface area (Å²) in [5, 5.41) is 11.2. The summed E-state index contributed by atoms with van der Waals surface area (Å²) in [5.41, 5.74) is 2.26. The third-order valence-electron chi connectivity index (χ3n) is 6.50. The van der Waals surface area contributed by atoms with Crippen LogP contribution in [0.15, 0.2) is 103 Å². The van der Waals surface area contributed by atoms with Crippen LogP contribution in [0.4, 0.5) is 0 Å². The molecule has 33 heavy (non-hydrogen) atoms. The summed E-state index contributed by atoms with van der Waals surface area (Å²) < 4.78 is 12.7. The average molecular weight is 444 g/mol. The maximum Gasteiger partial charge on any atom is 0.149 e. The Kier molecular flexibility index (Phi) is 7.61. The van der Waals surface area contributed by atoms with Crippen LogP contribution in [0.2, 0.25) is 0 Å². The Bertz CT molecular complexity index is 906. The van der Waals surface area contributed by atoms with E-state index in [1.165, 1.54) is 0 Å². The van der Waals surface area contributed by atoms with E-state index < -0.39 is 17.8 Å². The van der Waals surface area contributed by atoms with Gasteiger partial charge >= 0.3 is 0 Å². The standard InChI is InChI=1S/C29H33NO3/c1-3-30(4-2)26-20-21-32-27(28(26)31)22-33-29(23-14-8-5-9-15-23,24-16-10-6-11-17-24)25-18-12-7-13-19-25/h5-21,26-28,31H,3-4,22H2,1-2H3/t26-,27+,28+/m0/s1. The van der Waals surface area contributed by atoms with Gasteiger partial charge in [-0.25, -0.2) is 0 Å². The number of ether oxygens (including phenoxy) is 2. The van der Waals surface area contributed by atoms with Crippen molar-refractivity contribution < 1.29 is 14.6 Å². The van der Waals surface area contributed by atoms with Gasteiger partial charge in [-0.3, -0.25) is 4.90 Å². The Balaban J connectivity index is 1.73. The molecule has 4 heteroatoms. The minimum Gasteiger partial charge on any atom is -0.493 e. The molecule has 0 aromatic heterocycles. The van der Waals surface area contributed by atoms with E-state index in [4.69, 9.17) is 9.47 Å². The maximum absolute atomic E-state index is 11.2. The van der Waals surface area contributed by atoms with Crippen molar-refractivity contribution in [3.63, 3.8) is 0 Å². The zero-order valence-corrected chi connectivity index (χ0v) is 19.4. The number of aliphatic hydroxyl groups excluding tert-OH is 1. The summed E-state index contributed by atoms with van der Waals surface area (Å²) in [5.74, 6) is 0. The maximum atomic E-state index is 11.2. The number of likely N-dealkylation sites (N-methyl/N-ethyl adjacent to an activating group) is 1. The highest BCUT2D eigenvalue weighted by atomic mass is 16.5. The highest BCUT2D eigenvalue weighted by Crippen LogP contribution is 2.40. The molecule has 0 fully saturated rings. The summed E-state index contributed by atoms with van der Waals surface area (Å²) in [6.45, 7) is 6.17. The second-order valence-corrected chi connectivity index (χ2v) is 8.30. The first-order valence-electron chi connectivity index (χ1n) is 11.8. The molecule has 0 amide bonds. The second kappa shape index (κ2) is 10.8. The van der Waals surface area contributed by atoms with Gasteiger partial charge in [0.1, 0.15) is 17.8 Å². The molecule has 4 nitrogen and oxygen atoms in total. The number of benzene rings is 3. The van der Waals surface area contributed by atoms with Gasteiger partial charge in [0, 0.05) is 0 Å². The lowest BCUT2D eigenvalue weighted by molar-refractivity contribution is -0.105. The van der Waals surface area contributed by atoms with Crippen LogP contribution in [-0.2, 0) is 15.1 Å². The van der Waals surface area contributed by atoms with Crippen molar-refractivity contribution in [2.24, 2.45) is 0 Å². The summed E-state index contributed by atoms with van der Waals surface area (Å²) in [4.78, 5) is 2.23. The number of hydrogen-bond acceptors (Lipinski definition) is 4. The molecule has 0 bridgehead atoms. The van der Waals surface area contributed by atoms with E-state index in [-0.39, 0.29) is 12.6 Å². The van der Waals surface area contributed by atoms with Crippen molar-refractivity contribution in [3.05, 3.63) is 120 Å². The van der Waals surface area contributed by atoms with Crippen LogP contribution in [-0.4, -0.2) is 48.0 Å². The Morgan fingerprint density at radius 1 is 0.788 bits per heavy atom. The topological polar surface area (TPSA) is 41.9 Å². The summed E-state index contributed by atoms with van der Waals surface area (Å²) in [6, 6.07) is 30.7. The number of hydrogen-bond donors (Lipinski definition) is 1. The van der Waals surface area contributed by atoms with Crippen molar-refractivity contribution in [2.75, 3.05) is 19.7 Å². The summed E-state index contributed by atoms with van der Waals surface area (Å²) in [6.07, 6.45) is 2.48. The van der Waals surface area contributed by atoms with E-state index in [9.17, 15) is 5.11 Å². The monoisotopic (exact) mass is 443 g/mol. The fourth-order valence-corrected chi connectivity index (χ4v) is 4.74. The minimum atomic E-state index is -0.835. The van der Waals surface area contributed by atoms with Crippen molar-refractivity contribution in [2.45, 2.75) is 37.7 Å². The smallest absolute Gasteiger partial charge is 0.149 e. The van der Waals surface area contributed by atoms with Crippen LogP contribution in [0.25, 0.3) is 0 Å². The Morgan fingerprint density at radius 3 is 1.67 bits per heavy atom. The van der Waals surface area contributed by atoms with E-state index in [1.54, 1.807) is 6.26 Å². The molecule has 1 aliphatic rings. The molecular weight excluding hydrogens is 410 g/mol. The molecule has 3 aromatic rings. The van der Waals surface area contributed by atoms with Gasteiger partial charge in [0.25, 0.3) is 0 Å². The quantitative estimate of drug-likeness (QED) is 0.474. The van der Waals surface area contributed by atoms with Gasteiger partial charge < -0.3 is 14.6 Å². The van der Waals surface area contributed by atoms with Crippen molar-refractivity contribution in [1.82, 2.24) is 4.90 Å². The van der Waals surface area contributed by atoms with E-state index in [1.807, 2.05) is 60.7 Å². The lowest BCUT2D eigenvalue weighted by Gasteiger charge is -2.40. The van der Waals surface area contributed by atoms with Crippen LogP contribution in [0.1, 0.15) is 30.5 Å². The van der Waals surface area contributed by atoms with Crippen LogP contribution >= 0.6 is 0 Å². The van der Waals surface area contributed by atoms with E-state index in [0.717, 1.165) is 29.8 Å². The lowest BCUT2D eigenvalue weighted by atomic mass is 9.80. The Hall–Kier alpha value is -2.92. The van der Waals surface area contributed by atoms with Crippen LogP contribution in [0.3, 0.4) is 0 Å². The Labute approximate surface area is 197 Å². The SMILES string of the molecule is CCN(CC)[C@H]1C=CO[C@H](COC(c2ccccc2)(c2ccccc2)c2ccccc2)[C@@H]1O. The first kappa shape index (κ1) is 23.2. The first-order valence-corrected chi connectivity index (χ1v) is 11.8. The van der Waals surface area contributed by atoms with E-state index >= 15 is 0 Å². The molecule has 1 aliphatic heterocycles. The third-order valence-corrected chi connectivity index (χ3v) is 6.50. The normalized spacial score (nSPS) is 20.5. The van der Waals surface area contributed by atoms with Gasteiger partial charge in [0.15, 0.2) is 0 Å². The second-order valence-electron chi connectivity index (χ2n) is 8.30. The van der Waals surface area contributed by atoms with E-state index in [2.05, 4.69) is 55.1 Å². The molecule has 0 saturated carbocycles. The highest BCUT2D eigenvalue weighted by Gasteiger charge is 2.40. The lowest BCUT2D eigenvalue weighted by Crippen LogP contribution is -2.52. The summed E-state index contributed by atoms with van der Waals surface area (Å²) in [7, 11) is 0. The molecule has 3 atom stereocenters. The minimum absolute atomic E-state index is 0.0954. The number of rotatable bonds is 9. The molecule has 0 radical (unpaired) electrons. The van der Waals surface area contributed by atoms with Crippen LogP contribution < -0.4 is 0 Å². The van der Waals surface area contributed by atoms with Gasteiger partial charge in [0.2, 0.25) is 0 Å². The predicted molar refractivity (Wildman–Crippen MR) is 132 cm³/mol. The number of aliphatic hydroxyl groups is 1. The molecule has 0 spiro atoms. The third kappa shape index (κ3) is 4.74. The van der Waals surface area contributed by atoms with Gasteiger partial charge in [-0.1, -0.05) is 105 Å². The summed E-state index contributed by atoms with van der Waals surface area (Å²) >= 11 is 0. The molecule has 4 rings (SSSR count). The highest BCUT2D eigenvalue weighted by molar-refractivity contribution is 5.47. The molecule has 0 aliphatic carbocycles. The van der Waals surface area contributed by atoms with E-state index in [0.29, 0.717) is 0 Å². The van der Waals surface area contributed by atoms with Gasteiger partial charge in [-0.2, -0.15) is 0 Å². The average Bonchev–Trinajstić information content (AvgIpc) is 2.89. The first-order chi connectivity index (χ1) is 16.2. The molecule has 1 N–H and O–H groups in total. The molecule has 172 valence electrons. The van der Waals surface area contributed by atoms with Gasteiger partial charge in [0.05, 0.1) is 18.9 Å². The zero-order chi connectivity index (χ0) is 23.1. The van der Waals surface area contributed by atoms with Crippen LogP contribution in [0, 0.1) is 0 Å². The van der Waals surface area contributed by atoms with Crippen molar-refractivity contribution >= 4 is 0 Å². The Morgan fingerprint density at radius 2 is 1.24 bits per heavy atom. The van der Waals surface area contributed by atoms with Crippen LogP contribution in [0.5, 0.6) is 0 Å². The molecular formula is C29H33NO3. The van der Waals surface area contributed by atoms with Gasteiger partial charge in [-0.15, -0.1) is 0 Å². The fourth-order valence-electron chi connectivity index (χ4n) is 4.74. The molecule has 3 aromatic carbocycles. The molecule has 0 saturated heterocycles. The zero-order valence-electron chi connectivity index (χ0n) is 19.4. The largest absolute Gasteiger partial charge is 0.493 e. The van der Waals surface area contributed by atoms with Gasteiger partial charge in [-0.05, 0) is 35.9 Å². The van der Waals surface area contributed by atoms with Crippen molar-refractivity contribution in [1.29, 1.82) is 0 Å². The predicted octanol–water partition coefficient (Wildman–Crippen LogP) is 4.98. The fraction of sp³-hybridized carbons (Fsp3) is 0.310. The number of nitrogens with zero attached hydrogens (tertiary/aromatic N) is 1. The van der Waals surface area contributed by atoms with Crippen molar-refractivity contribution in [3.8, 4) is 0 Å². The molecule has 0 unspecified atom stereocenters.